The van der Waals surface area contributed by atoms with E-state index in [0.717, 1.165) is 8.29 Å². The summed E-state index contributed by atoms with van der Waals surface area (Å²) in [7, 11) is 0. The van der Waals surface area contributed by atoms with Crippen LogP contribution in [-0.4, -0.2) is 29.4 Å². The second kappa shape index (κ2) is 5.92. The van der Waals surface area contributed by atoms with E-state index >= 15 is 0 Å². The van der Waals surface area contributed by atoms with Crippen LogP contribution in [0.25, 0.3) is 0 Å². The number of hydrogen-bond donors (Lipinski definition) is 0. The van der Waals surface area contributed by atoms with E-state index in [1.54, 1.807) is 13.8 Å². The van der Waals surface area contributed by atoms with E-state index in [1.165, 1.54) is 0 Å². The lowest BCUT2D eigenvalue weighted by Crippen LogP contribution is -2.35. The molecule has 22 heavy (non-hydrogen) atoms. The van der Waals surface area contributed by atoms with Gasteiger partial charge < -0.3 is 4.74 Å². The molecule has 0 aromatic heterocycles. The van der Waals surface area contributed by atoms with E-state index in [-0.39, 0.29) is 24.0 Å². The summed E-state index contributed by atoms with van der Waals surface area (Å²) in [5.74, 6) is -1.41. The maximum absolute atomic E-state index is 12.2. The van der Waals surface area contributed by atoms with E-state index in [2.05, 4.69) is 31.9 Å². The van der Waals surface area contributed by atoms with Crippen molar-refractivity contribution in [3.8, 4) is 0 Å². The molecule has 0 spiro atoms. The highest BCUT2D eigenvalue weighted by Gasteiger charge is 2.61. The first kappa shape index (κ1) is 17.4. The molecular weight excluding hydrogens is 418 g/mol. The second-order valence-corrected chi connectivity index (χ2v) is 8.93. The van der Waals surface area contributed by atoms with Crippen LogP contribution in [0.5, 0.6) is 0 Å². The Kier molecular flexibility index (Phi) is 4.69. The number of carbonyl (C=O) groups is 3. The smallest absolute Gasteiger partial charge is 0.311 e. The largest absolute Gasteiger partial charge is 0.443 e. The van der Waals surface area contributed by atoms with Gasteiger partial charge >= 0.3 is 5.97 Å². The Hall–Kier alpha value is -0.950. The molecule has 0 saturated heterocycles. The predicted molar refractivity (Wildman–Crippen MR) is 87.9 cm³/mol. The van der Waals surface area contributed by atoms with Crippen molar-refractivity contribution < 1.29 is 19.1 Å². The van der Waals surface area contributed by atoms with Gasteiger partial charge in [-0.3, -0.25) is 14.4 Å². The predicted octanol–water partition coefficient (Wildman–Crippen LogP) is 3.10. The number of halogens is 2. The van der Waals surface area contributed by atoms with Crippen molar-refractivity contribution >= 4 is 49.6 Å². The molecule has 1 aliphatic heterocycles. The lowest BCUT2D eigenvalue weighted by molar-refractivity contribution is -0.156. The summed E-state index contributed by atoms with van der Waals surface area (Å²) in [4.78, 5) is 37.0. The Labute approximate surface area is 146 Å². The summed E-state index contributed by atoms with van der Waals surface area (Å²) in [6.07, 6.45) is 1.91. The van der Waals surface area contributed by atoms with Gasteiger partial charge in [0.15, 0.2) is 6.73 Å². The Balaban J connectivity index is 1.97. The molecule has 1 heterocycles. The molecule has 2 rings (SSSR count). The van der Waals surface area contributed by atoms with Gasteiger partial charge in [-0.25, -0.2) is 4.90 Å². The first-order valence-corrected chi connectivity index (χ1v) is 8.40. The minimum absolute atomic E-state index is 0.0559. The van der Waals surface area contributed by atoms with E-state index in [0.29, 0.717) is 11.1 Å². The summed E-state index contributed by atoms with van der Waals surface area (Å²) >= 11 is 6.58. The van der Waals surface area contributed by atoms with Crippen LogP contribution in [0.15, 0.2) is 20.6 Å². The van der Waals surface area contributed by atoms with Gasteiger partial charge in [0.05, 0.1) is 9.31 Å². The van der Waals surface area contributed by atoms with Crippen molar-refractivity contribution in [2.75, 3.05) is 6.73 Å². The lowest BCUT2D eigenvalue weighted by atomic mass is 10.1. The first-order valence-electron chi connectivity index (χ1n) is 6.82. The number of hydrogen-bond acceptors (Lipinski definition) is 4. The molecule has 1 saturated carbocycles. The van der Waals surface area contributed by atoms with Crippen molar-refractivity contribution in [2.45, 2.75) is 27.7 Å². The molecule has 0 radical (unpaired) electrons. The molecule has 0 bridgehead atoms. The van der Waals surface area contributed by atoms with E-state index < -0.39 is 17.8 Å². The van der Waals surface area contributed by atoms with Gasteiger partial charge in [0, 0.05) is 11.1 Å². The highest BCUT2D eigenvalue weighted by atomic mass is 79.9. The van der Waals surface area contributed by atoms with Gasteiger partial charge in [0.1, 0.15) is 0 Å². The van der Waals surface area contributed by atoms with Gasteiger partial charge in [-0.1, -0.05) is 19.9 Å². The highest BCUT2D eigenvalue weighted by molar-refractivity contribution is 9.28. The molecule has 2 unspecified atom stereocenters. The Bertz CT molecular complexity index is 593. The molecular formula is C15H17Br2NO4. The summed E-state index contributed by atoms with van der Waals surface area (Å²) in [6.45, 7) is 6.81. The fraction of sp³-hybridized carbons (Fsp3) is 0.533. The quantitative estimate of drug-likeness (QED) is 0.503. The zero-order valence-corrected chi connectivity index (χ0v) is 15.9. The van der Waals surface area contributed by atoms with Crippen LogP contribution in [0.1, 0.15) is 27.7 Å². The Morgan fingerprint density at radius 3 is 2.18 bits per heavy atom. The lowest BCUT2D eigenvalue weighted by Gasteiger charge is -2.15. The van der Waals surface area contributed by atoms with Gasteiger partial charge in [-0.2, -0.15) is 0 Å². The van der Waals surface area contributed by atoms with Crippen LogP contribution < -0.4 is 0 Å². The number of amides is 2. The number of esters is 1. The molecule has 7 heteroatoms. The molecule has 5 nitrogen and oxygen atoms in total. The molecule has 0 N–H and O–H groups in total. The van der Waals surface area contributed by atoms with Gasteiger partial charge in [0.25, 0.3) is 11.8 Å². The van der Waals surface area contributed by atoms with E-state index in [4.69, 9.17) is 4.74 Å². The van der Waals surface area contributed by atoms with E-state index in [1.807, 2.05) is 19.9 Å². The molecule has 1 aliphatic carbocycles. The summed E-state index contributed by atoms with van der Waals surface area (Å²) in [6, 6.07) is 0. The van der Waals surface area contributed by atoms with Crippen LogP contribution >= 0.6 is 31.9 Å². The molecule has 1 fully saturated rings. The summed E-state index contributed by atoms with van der Waals surface area (Å²) in [5.41, 5.74) is 0.598. The zero-order chi connectivity index (χ0) is 16.8. The zero-order valence-electron chi connectivity index (χ0n) is 12.8. The van der Waals surface area contributed by atoms with E-state index in [9.17, 15) is 14.4 Å². The standard InChI is InChI=1S/C15H17Br2NO4/c1-7-8(2)13(20)18(12(7)19)6-22-14(21)11-9(5-10(16)17)15(11,3)4/h5,9,11H,6H2,1-4H3. The van der Waals surface area contributed by atoms with Gasteiger partial charge in [0.2, 0.25) is 0 Å². The van der Waals surface area contributed by atoms with Crippen LogP contribution in [0.4, 0.5) is 0 Å². The van der Waals surface area contributed by atoms with Crippen LogP contribution in [-0.2, 0) is 19.1 Å². The van der Waals surface area contributed by atoms with Crippen LogP contribution in [0.3, 0.4) is 0 Å². The van der Waals surface area contributed by atoms with Crippen molar-refractivity contribution in [3.05, 3.63) is 20.6 Å². The molecule has 2 amide bonds. The number of allylic oxidation sites excluding steroid dienone is 1. The number of rotatable bonds is 4. The maximum atomic E-state index is 12.2. The third kappa shape index (κ3) is 2.93. The molecule has 2 aliphatic rings. The van der Waals surface area contributed by atoms with Crippen molar-refractivity contribution in [2.24, 2.45) is 17.3 Å². The highest BCUT2D eigenvalue weighted by Crippen LogP contribution is 2.60. The van der Waals surface area contributed by atoms with Crippen molar-refractivity contribution in [3.63, 3.8) is 0 Å². The fourth-order valence-electron chi connectivity index (χ4n) is 2.73. The SMILES string of the molecule is CC1=C(C)C(=O)N(COC(=O)C2C(C=C(Br)Br)C2(C)C)C1=O. The maximum Gasteiger partial charge on any atom is 0.311 e. The van der Waals surface area contributed by atoms with Crippen LogP contribution in [0, 0.1) is 17.3 Å². The van der Waals surface area contributed by atoms with Crippen molar-refractivity contribution in [1.82, 2.24) is 4.90 Å². The monoisotopic (exact) mass is 433 g/mol. The number of imide groups is 1. The van der Waals surface area contributed by atoms with Gasteiger partial charge in [-0.05, 0) is 57.0 Å². The second-order valence-electron chi connectivity index (χ2n) is 6.16. The minimum atomic E-state index is -0.398. The van der Waals surface area contributed by atoms with Crippen LogP contribution in [0.2, 0.25) is 0 Å². The topological polar surface area (TPSA) is 63.7 Å². The average molecular weight is 435 g/mol. The summed E-state index contributed by atoms with van der Waals surface area (Å²) < 4.78 is 5.98. The number of ether oxygens (including phenoxy) is 1. The first-order chi connectivity index (χ1) is 10.1. The molecule has 120 valence electrons. The average Bonchev–Trinajstić information content (AvgIpc) is 2.89. The Morgan fingerprint density at radius 2 is 1.73 bits per heavy atom. The molecule has 2 atom stereocenters. The third-order valence-electron chi connectivity index (χ3n) is 4.50. The third-order valence-corrected chi connectivity index (χ3v) is 5.03. The molecule has 0 aromatic rings. The minimum Gasteiger partial charge on any atom is -0.443 e. The molecule has 0 aromatic carbocycles. The van der Waals surface area contributed by atoms with Crippen molar-refractivity contribution in [1.29, 1.82) is 0 Å². The number of nitrogens with zero attached hydrogens (tertiary/aromatic N) is 1. The summed E-state index contributed by atoms with van der Waals surface area (Å²) in [5, 5.41) is 0. The Morgan fingerprint density at radius 1 is 1.23 bits per heavy atom. The fourth-order valence-corrected chi connectivity index (χ4v) is 3.30. The normalized spacial score (nSPS) is 26.4. The van der Waals surface area contributed by atoms with Gasteiger partial charge in [-0.15, -0.1) is 0 Å². The number of carbonyl (C=O) groups excluding carboxylic acids is 3.